The van der Waals surface area contributed by atoms with Crippen LogP contribution in [0.4, 0.5) is 14.9 Å². The molecule has 0 radical (unpaired) electrons. The summed E-state index contributed by atoms with van der Waals surface area (Å²) in [7, 11) is 0. The number of carbonyl (C=O) groups is 2. The molecule has 2 fully saturated rings. The summed E-state index contributed by atoms with van der Waals surface area (Å²) in [6, 6.07) is 5.64. The molecule has 3 atom stereocenters. The van der Waals surface area contributed by atoms with Gasteiger partial charge in [-0.15, -0.1) is 0 Å². The SMILES string of the molecule is C[C@@H]1C[C@H](NC(=O)N[C@@H]2CC(=O)N(c3cccc(F)c3)C2)CC(C)(C)C1. The Morgan fingerprint density at radius 3 is 2.65 bits per heavy atom. The zero-order valence-corrected chi connectivity index (χ0v) is 15.7. The third-order valence-electron chi connectivity index (χ3n) is 5.30. The van der Waals surface area contributed by atoms with Crippen molar-refractivity contribution in [2.75, 3.05) is 11.4 Å². The molecule has 5 nitrogen and oxygen atoms in total. The van der Waals surface area contributed by atoms with Crippen LogP contribution >= 0.6 is 0 Å². The Kier molecular flexibility index (Phi) is 5.21. The molecule has 3 rings (SSSR count). The van der Waals surface area contributed by atoms with E-state index in [0.717, 1.165) is 12.8 Å². The predicted molar refractivity (Wildman–Crippen MR) is 99.4 cm³/mol. The number of nitrogens with zero attached hydrogens (tertiary/aromatic N) is 1. The van der Waals surface area contributed by atoms with Gasteiger partial charge in [0.25, 0.3) is 0 Å². The number of benzene rings is 1. The van der Waals surface area contributed by atoms with Crippen LogP contribution in [-0.4, -0.2) is 30.6 Å². The first-order chi connectivity index (χ1) is 12.2. The fourth-order valence-electron chi connectivity index (χ4n) is 4.57. The van der Waals surface area contributed by atoms with Crippen LogP contribution in [0.25, 0.3) is 0 Å². The normalized spacial score (nSPS) is 28.1. The van der Waals surface area contributed by atoms with E-state index in [1.165, 1.54) is 23.5 Å². The van der Waals surface area contributed by atoms with Gasteiger partial charge < -0.3 is 15.5 Å². The highest BCUT2D eigenvalue weighted by Gasteiger charge is 2.35. The van der Waals surface area contributed by atoms with Crippen LogP contribution in [0.5, 0.6) is 0 Å². The van der Waals surface area contributed by atoms with Crippen molar-refractivity contribution in [2.24, 2.45) is 11.3 Å². The number of hydrogen-bond donors (Lipinski definition) is 2. The summed E-state index contributed by atoms with van der Waals surface area (Å²) in [5.74, 6) is 0.104. The van der Waals surface area contributed by atoms with E-state index in [4.69, 9.17) is 0 Å². The van der Waals surface area contributed by atoms with Crippen LogP contribution in [-0.2, 0) is 4.79 Å². The van der Waals surface area contributed by atoms with E-state index in [-0.39, 0.29) is 41.7 Å². The Bertz CT molecular complexity index is 691. The number of amides is 3. The number of urea groups is 1. The lowest BCUT2D eigenvalue weighted by atomic mass is 9.71. The highest BCUT2D eigenvalue weighted by molar-refractivity contribution is 5.96. The molecule has 0 bridgehead atoms. The molecule has 0 spiro atoms. The monoisotopic (exact) mass is 361 g/mol. The number of carbonyl (C=O) groups excluding carboxylic acids is 2. The zero-order valence-electron chi connectivity index (χ0n) is 15.7. The molecule has 2 N–H and O–H groups in total. The summed E-state index contributed by atoms with van der Waals surface area (Å²) in [6.07, 6.45) is 3.35. The predicted octanol–water partition coefficient (Wildman–Crippen LogP) is 3.45. The van der Waals surface area contributed by atoms with Gasteiger partial charge in [-0.05, 0) is 48.8 Å². The maximum absolute atomic E-state index is 13.4. The van der Waals surface area contributed by atoms with Crippen LogP contribution < -0.4 is 15.5 Å². The van der Waals surface area contributed by atoms with Gasteiger partial charge in [-0.2, -0.15) is 0 Å². The summed E-state index contributed by atoms with van der Waals surface area (Å²) in [4.78, 5) is 26.1. The molecule has 0 unspecified atom stereocenters. The Morgan fingerprint density at radius 1 is 1.23 bits per heavy atom. The fourth-order valence-corrected chi connectivity index (χ4v) is 4.57. The molecule has 2 aliphatic rings. The van der Waals surface area contributed by atoms with Crippen molar-refractivity contribution in [1.29, 1.82) is 0 Å². The second kappa shape index (κ2) is 7.25. The van der Waals surface area contributed by atoms with Crippen molar-refractivity contribution in [3.8, 4) is 0 Å². The molecule has 3 amide bonds. The van der Waals surface area contributed by atoms with E-state index in [1.807, 2.05) is 0 Å². The van der Waals surface area contributed by atoms with Crippen LogP contribution in [0.3, 0.4) is 0 Å². The van der Waals surface area contributed by atoms with Gasteiger partial charge in [0.1, 0.15) is 5.82 Å². The minimum Gasteiger partial charge on any atom is -0.335 e. The molecular formula is C20H28FN3O2. The molecule has 1 aromatic carbocycles. The third-order valence-corrected chi connectivity index (χ3v) is 5.30. The van der Waals surface area contributed by atoms with Gasteiger partial charge >= 0.3 is 6.03 Å². The molecule has 1 aromatic rings. The summed E-state index contributed by atoms with van der Waals surface area (Å²) in [5.41, 5.74) is 0.759. The molecule has 1 aliphatic heterocycles. The maximum Gasteiger partial charge on any atom is 0.315 e. The number of nitrogens with one attached hydrogen (secondary N) is 2. The first kappa shape index (κ1) is 18.7. The highest BCUT2D eigenvalue weighted by atomic mass is 19.1. The summed E-state index contributed by atoms with van der Waals surface area (Å²) in [5, 5.41) is 5.98. The quantitative estimate of drug-likeness (QED) is 0.866. The second-order valence-electron chi connectivity index (χ2n) is 8.61. The first-order valence-corrected chi connectivity index (χ1v) is 9.35. The van der Waals surface area contributed by atoms with Crippen molar-refractivity contribution in [3.05, 3.63) is 30.1 Å². The molecule has 0 aromatic heterocycles. The summed E-state index contributed by atoms with van der Waals surface area (Å²) in [6.45, 7) is 7.06. The molecule has 1 heterocycles. The van der Waals surface area contributed by atoms with E-state index in [2.05, 4.69) is 31.4 Å². The Labute approximate surface area is 154 Å². The molecule has 1 saturated carbocycles. The van der Waals surface area contributed by atoms with Gasteiger partial charge in [0, 0.05) is 24.7 Å². The van der Waals surface area contributed by atoms with Gasteiger partial charge in [-0.25, -0.2) is 9.18 Å². The first-order valence-electron chi connectivity index (χ1n) is 9.35. The van der Waals surface area contributed by atoms with Crippen LogP contribution in [0.15, 0.2) is 24.3 Å². The minimum absolute atomic E-state index is 0.103. The van der Waals surface area contributed by atoms with Crippen molar-refractivity contribution < 1.29 is 14.0 Å². The third kappa shape index (κ3) is 4.54. The zero-order chi connectivity index (χ0) is 18.9. The van der Waals surface area contributed by atoms with Crippen LogP contribution in [0, 0.1) is 17.2 Å². The van der Waals surface area contributed by atoms with Crippen molar-refractivity contribution >= 4 is 17.6 Å². The van der Waals surface area contributed by atoms with Gasteiger partial charge in [-0.1, -0.05) is 26.8 Å². The number of anilines is 1. The average Bonchev–Trinajstić information content (AvgIpc) is 2.85. The average molecular weight is 361 g/mol. The van der Waals surface area contributed by atoms with Gasteiger partial charge in [0.2, 0.25) is 5.91 Å². The Balaban J connectivity index is 1.55. The van der Waals surface area contributed by atoms with Crippen molar-refractivity contribution in [1.82, 2.24) is 10.6 Å². The van der Waals surface area contributed by atoms with Gasteiger partial charge in [0.05, 0.1) is 6.04 Å². The lowest BCUT2D eigenvalue weighted by molar-refractivity contribution is -0.117. The Morgan fingerprint density at radius 2 is 1.96 bits per heavy atom. The number of rotatable bonds is 3. The Hall–Kier alpha value is -2.11. The molecular weight excluding hydrogens is 333 g/mol. The largest absolute Gasteiger partial charge is 0.335 e. The van der Waals surface area contributed by atoms with E-state index in [1.54, 1.807) is 12.1 Å². The van der Waals surface area contributed by atoms with Crippen LogP contribution in [0.1, 0.15) is 46.5 Å². The lowest BCUT2D eigenvalue weighted by Crippen LogP contribution is -2.50. The van der Waals surface area contributed by atoms with E-state index in [0.29, 0.717) is 18.2 Å². The molecule has 6 heteroatoms. The van der Waals surface area contributed by atoms with Gasteiger partial charge in [-0.3, -0.25) is 4.79 Å². The molecule has 26 heavy (non-hydrogen) atoms. The summed E-state index contributed by atoms with van der Waals surface area (Å²) < 4.78 is 13.4. The van der Waals surface area contributed by atoms with Crippen molar-refractivity contribution in [2.45, 2.75) is 58.5 Å². The molecule has 1 aliphatic carbocycles. The topological polar surface area (TPSA) is 61.4 Å². The lowest BCUT2D eigenvalue weighted by Gasteiger charge is -2.39. The molecule has 142 valence electrons. The smallest absolute Gasteiger partial charge is 0.315 e. The van der Waals surface area contributed by atoms with E-state index < -0.39 is 0 Å². The minimum atomic E-state index is -0.376. The molecule has 1 saturated heterocycles. The van der Waals surface area contributed by atoms with E-state index in [9.17, 15) is 14.0 Å². The maximum atomic E-state index is 13.4. The van der Waals surface area contributed by atoms with Crippen LogP contribution in [0.2, 0.25) is 0 Å². The van der Waals surface area contributed by atoms with E-state index >= 15 is 0 Å². The summed E-state index contributed by atoms with van der Waals surface area (Å²) >= 11 is 0. The number of halogens is 1. The number of hydrogen-bond acceptors (Lipinski definition) is 2. The highest BCUT2D eigenvalue weighted by Crippen LogP contribution is 2.38. The second-order valence-corrected chi connectivity index (χ2v) is 8.61. The standard InChI is InChI=1S/C20H28FN3O2/c1-13-7-15(11-20(2,3)10-13)22-19(26)23-16-9-18(25)24(12-16)17-6-4-5-14(21)8-17/h4-6,8,13,15-16H,7,9-12H2,1-3H3,(H2,22,23,26)/t13-,15+,16-/m1/s1. The fraction of sp³-hybridized carbons (Fsp3) is 0.600. The van der Waals surface area contributed by atoms with Crippen molar-refractivity contribution in [3.63, 3.8) is 0 Å². The van der Waals surface area contributed by atoms with Gasteiger partial charge in [0.15, 0.2) is 0 Å².